The van der Waals surface area contributed by atoms with Crippen molar-refractivity contribution in [3.63, 3.8) is 0 Å². The predicted octanol–water partition coefficient (Wildman–Crippen LogP) is 2.86. The minimum absolute atomic E-state index is 0. The number of aromatic amines is 1. The first-order valence-corrected chi connectivity index (χ1v) is 10.6. The number of rotatable bonds is 7. The Morgan fingerprint density at radius 3 is 2.65 bits per heavy atom. The molecule has 2 atom stereocenters. The second-order valence-corrected chi connectivity index (χ2v) is 7.82. The van der Waals surface area contributed by atoms with Crippen LogP contribution < -0.4 is 16.0 Å². The molecule has 4 rings (SSSR count). The van der Waals surface area contributed by atoms with Crippen LogP contribution in [0.4, 0.5) is 0 Å². The van der Waals surface area contributed by atoms with Crippen LogP contribution in [0.1, 0.15) is 30.0 Å². The SMILES string of the molecule is CCCNC(=O)[C@H](Cc1c[nH]c2ccccc12)NC(=O)[C@@H]1Cc2ccccc2CN1.Cl. The first-order chi connectivity index (χ1) is 14.7. The van der Waals surface area contributed by atoms with Gasteiger partial charge < -0.3 is 20.9 Å². The van der Waals surface area contributed by atoms with Gasteiger partial charge >= 0.3 is 0 Å². The molecule has 0 saturated heterocycles. The Bertz CT molecular complexity index is 1050. The highest BCUT2D eigenvalue weighted by Crippen LogP contribution is 2.20. The third-order valence-electron chi connectivity index (χ3n) is 5.68. The summed E-state index contributed by atoms with van der Waals surface area (Å²) in [5, 5.41) is 10.3. The quantitative estimate of drug-likeness (QED) is 0.455. The van der Waals surface area contributed by atoms with Gasteiger partial charge in [-0.05, 0) is 35.6 Å². The van der Waals surface area contributed by atoms with E-state index in [1.807, 2.05) is 49.5 Å². The minimum atomic E-state index is -0.623. The number of hydrogen-bond donors (Lipinski definition) is 4. The van der Waals surface area contributed by atoms with E-state index in [1.54, 1.807) is 0 Å². The number of carbonyl (C=O) groups excluding carboxylic acids is 2. The van der Waals surface area contributed by atoms with Crippen LogP contribution in [0.15, 0.2) is 54.7 Å². The highest BCUT2D eigenvalue weighted by molar-refractivity contribution is 5.91. The fourth-order valence-corrected chi connectivity index (χ4v) is 4.01. The number of nitrogens with one attached hydrogen (secondary N) is 4. The Morgan fingerprint density at radius 1 is 1.10 bits per heavy atom. The first kappa shape index (κ1) is 22.8. The standard InChI is InChI=1S/C24H28N4O2.ClH/c1-2-11-25-23(29)22(13-18-15-26-20-10-6-5-9-19(18)20)28-24(30)21-12-16-7-3-4-8-17(16)14-27-21;/h3-10,15,21-22,26-27H,2,11-14H2,1H3,(H,25,29)(H,28,30);1H/t21-,22-;/m0./s1. The topological polar surface area (TPSA) is 86.0 Å². The normalized spacial score (nSPS) is 16.1. The van der Waals surface area contributed by atoms with Crippen LogP contribution in [0.3, 0.4) is 0 Å². The van der Waals surface area contributed by atoms with Gasteiger partial charge in [-0.3, -0.25) is 9.59 Å². The highest BCUT2D eigenvalue weighted by atomic mass is 35.5. The fourth-order valence-electron chi connectivity index (χ4n) is 4.01. The van der Waals surface area contributed by atoms with Crippen molar-refractivity contribution in [2.75, 3.05) is 6.54 Å². The lowest BCUT2D eigenvalue weighted by molar-refractivity contribution is -0.130. The molecule has 1 aliphatic rings. The Hall–Kier alpha value is -2.83. The molecule has 164 valence electrons. The molecule has 1 aliphatic heterocycles. The van der Waals surface area contributed by atoms with E-state index in [1.165, 1.54) is 11.1 Å². The maximum atomic E-state index is 13.0. The zero-order valence-corrected chi connectivity index (χ0v) is 18.4. The van der Waals surface area contributed by atoms with Crippen molar-refractivity contribution in [1.82, 2.24) is 20.9 Å². The summed E-state index contributed by atoms with van der Waals surface area (Å²) in [7, 11) is 0. The molecule has 3 aromatic rings. The maximum absolute atomic E-state index is 13.0. The van der Waals surface area contributed by atoms with Gasteiger partial charge in [-0.1, -0.05) is 49.4 Å². The smallest absolute Gasteiger partial charge is 0.242 e. The van der Waals surface area contributed by atoms with E-state index in [2.05, 4.69) is 33.1 Å². The van der Waals surface area contributed by atoms with Gasteiger partial charge in [0.25, 0.3) is 0 Å². The Morgan fingerprint density at radius 2 is 1.84 bits per heavy atom. The molecule has 7 heteroatoms. The summed E-state index contributed by atoms with van der Waals surface area (Å²) >= 11 is 0. The molecule has 0 unspecified atom stereocenters. The number of halogens is 1. The lowest BCUT2D eigenvalue weighted by atomic mass is 9.95. The summed E-state index contributed by atoms with van der Waals surface area (Å²) < 4.78 is 0. The van der Waals surface area contributed by atoms with Crippen molar-refractivity contribution in [2.45, 2.75) is 44.8 Å². The Balaban J connectivity index is 0.00000272. The Kier molecular flexibility index (Phi) is 7.71. The van der Waals surface area contributed by atoms with Crippen LogP contribution in [-0.4, -0.2) is 35.4 Å². The number of benzene rings is 2. The Labute approximate surface area is 188 Å². The number of fused-ring (bicyclic) bond motifs is 2. The van der Waals surface area contributed by atoms with Crippen molar-refractivity contribution in [3.8, 4) is 0 Å². The second kappa shape index (κ2) is 10.5. The average Bonchev–Trinajstić information content (AvgIpc) is 3.19. The molecule has 0 aliphatic carbocycles. The zero-order valence-electron chi connectivity index (χ0n) is 17.6. The molecule has 2 aromatic carbocycles. The number of H-pyrrole nitrogens is 1. The summed E-state index contributed by atoms with van der Waals surface area (Å²) in [5.74, 6) is -0.285. The minimum Gasteiger partial charge on any atom is -0.361 e. The van der Waals surface area contributed by atoms with Gasteiger partial charge in [0.2, 0.25) is 11.8 Å². The highest BCUT2D eigenvalue weighted by Gasteiger charge is 2.28. The average molecular weight is 441 g/mol. The van der Waals surface area contributed by atoms with E-state index >= 15 is 0 Å². The zero-order chi connectivity index (χ0) is 20.9. The molecule has 0 spiro atoms. The predicted molar refractivity (Wildman–Crippen MR) is 125 cm³/mol. The third-order valence-corrected chi connectivity index (χ3v) is 5.68. The van der Waals surface area contributed by atoms with E-state index in [9.17, 15) is 9.59 Å². The van der Waals surface area contributed by atoms with Gasteiger partial charge in [0.05, 0.1) is 6.04 Å². The van der Waals surface area contributed by atoms with Gasteiger partial charge in [0, 0.05) is 36.6 Å². The third kappa shape index (κ3) is 5.27. The summed E-state index contributed by atoms with van der Waals surface area (Å²) in [6.45, 7) is 3.26. The monoisotopic (exact) mass is 440 g/mol. The van der Waals surface area contributed by atoms with Crippen molar-refractivity contribution in [2.24, 2.45) is 0 Å². The molecule has 2 heterocycles. The molecule has 0 bridgehead atoms. The molecule has 0 fully saturated rings. The van der Waals surface area contributed by atoms with Gasteiger partial charge in [-0.2, -0.15) is 0 Å². The summed E-state index contributed by atoms with van der Waals surface area (Å²) in [6, 6.07) is 15.2. The molecule has 0 radical (unpaired) electrons. The van der Waals surface area contributed by atoms with Crippen LogP contribution in [0.2, 0.25) is 0 Å². The number of amides is 2. The largest absolute Gasteiger partial charge is 0.361 e. The van der Waals surface area contributed by atoms with Crippen LogP contribution in [0.5, 0.6) is 0 Å². The number of carbonyl (C=O) groups is 2. The maximum Gasteiger partial charge on any atom is 0.242 e. The van der Waals surface area contributed by atoms with Crippen molar-refractivity contribution in [1.29, 1.82) is 0 Å². The number of aromatic nitrogens is 1. The summed E-state index contributed by atoms with van der Waals surface area (Å²) in [4.78, 5) is 29.1. The van der Waals surface area contributed by atoms with E-state index in [4.69, 9.17) is 0 Å². The molecular formula is C24H29ClN4O2. The lowest BCUT2D eigenvalue weighted by Crippen LogP contribution is -2.55. The molecule has 2 amide bonds. The van der Waals surface area contributed by atoms with Gasteiger partial charge in [-0.15, -0.1) is 12.4 Å². The van der Waals surface area contributed by atoms with E-state index in [-0.39, 0.29) is 30.3 Å². The van der Waals surface area contributed by atoms with Crippen molar-refractivity contribution in [3.05, 3.63) is 71.4 Å². The van der Waals surface area contributed by atoms with Gasteiger partial charge in [0.15, 0.2) is 0 Å². The lowest BCUT2D eigenvalue weighted by Gasteiger charge is -2.27. The molecule has 0 saturated carbocycles. The molecule has 6 nitrogen and oxygen atoms in total. The number of hydrogen-bond acceptors (Lipinski definition) is 3. The molecular weight excluding hydrogens is 412 g/mol. The number of para-hydroxylation sites is 1. The molecule has 1 aromatic heterocycles. The van der Waals surface area contributed by atoms with Crippen LogP contribution >= 0.6 is 12.4 Å². The van der Waals surface area contributed by atoms with E-state index in [0.717, 1.165) is 22.9 Å². The summed E-state index contributed by atoms with van der Waals surface area (Å²) in [6.07, 6.45) is 3.83. The fraction of sp³-hybridized carbons (Fsp3) is 0.333. The second-order valence-electron chi connectivity index (χ2n) is 7.82. The first-order valence-electron chi connectivity index (χ1n) is 10.6. The molecule has 31 heavy (non-hydrogen) atoms. The van der Waals surface area contributed by atoms with Crippen LogP contribution in [-0.2, 0) is 29.0 Å². The van der Waals surface area contributed by atoms with E-state index < -0.39 is 6.04 Å². The van der Waals surface area contributed by atoms with Crippen LogP contribution in [0, 0.1) is 0 Å². The van der Waals surface area contributed by atoms with Crippen molar-refractivity contribution < 1.29 is 9.59 Å². The van der Waals surface area contributed by atoms with Crippen LogP contribution in [0.25, 0.3) is 10.9 Å². The van der Waals surface area contributed by atoms with Gasteiger partial charge in [-0.25, -0.2) is 0 Å². The van der Waals surface area contributed by atoms with E-state index in [0.29, 0.717) is 25.9 Å². The summed E-state index contributed by atoms with van der Waals surface area (Å²) in [5.41, 5.74) is 4.44. The molecule has 4 N–H and O–H groups in total. The van der Waals surface area contributed by atoms with Crippen molar-refractivity contribution >= 4 is 35.1 Å². The van der Waals surface area contributed by atoms with Gasteiger partial charge in [0.1, 0.15) is 6.04 Å².